The highest BCUT2D eigenvalue weighted by molar-refractivity contribution is 9.10. The molecule has 0 fully saturated rings. The summed E-state index contributed by atoms with van der Waals surface area (Å²) in [5.41, 5.74) is 1.69. The van der Waals surface area contributed by atoms with Gasteiger partial charge in [0.05, 0.1) is 0 Å². The topological polar surface area (TPSA) is 158 Å². The van der Waals surface area contributed by atoms with Gasteiger partial charge in [-0.3, -0.25) is 15.0 Å². The van der Waals surface area contributed by atoms with Crippen LogP contribution < -0.4 is 26.1 Å². The minimum Gasteiger partial charge on any atom is -0.484 e. The predicted octanol–water partition coefficient (Wildman–Crippen LogP) is 1.56. The van der Waals surface area contributed by atoms with Crippen LogP contribution in [0.3, 0.4) is 0 Å². The Bertz CT molecular complexity index is 744. The van der Waals surface area contributed by atoms with Crippen LogP contribution in [-0.2, 0) is 9.59 Å². The van der Waals surface area contributed by atoms with Crippen molar-refractivity contribution in [2.24, 2.45) is 5.92 Å². The van der Waals surface area contributed by atoms with Crippen molar-refractivity contribution in [3.8, 4) is 5.75 Å². The van der Waals surface area contributed by atoms with Crippen LogP contribution >= 0.6 is 15.9 Å². The molecule has 0 unspecified atom stereocenters. The highest BCUT2D eigenvalue weighted by Gasteiger charge is 2.20. The van der Waals surface area contributed by atoms with E-state index in [1.165, 1.54) is 0 Å². The number of nitrogens with zero attached hydrogens (tertiary/aromatic N) is 1. The first-order valence-corrected chi connectivity index (χ1v) is 10.7. The molecule has 0 radical (unpaired) electrons. The lowest BCUT2D eigenvalue weighted by atomic mass is 10.1. The molecule has 0 aliphatic rings. The number of hydrogen-bond acceptors (Lipinski definition) is 6. The van der Waals surface area contributed by atoms with Gasteiger partial charge in [0, 0.05) is 17.6 Å². The van der Waals surface area contributed by atoms with Gasteiger partial charge in [0.25, 0.3) is 11.9 Å². The van der Waals surface area contributed by atoms with Crippen LogP contribution in [0.25, 0.3) is 0 Å². The number of ether oxygens (including phenoxy) is 1. The number of hydrazine groups is 1. The average molecular weight is 501 g/mol. The number of nitro groups is 1. The number of rotatable bonds is 13. The summed E-state index contributed by atoms with van der Waals surface area (Å²) in [5.74, 6) is -0.247. The zero-order chi connectivity index (χ0) is 23.2. The summed E-state index contributed by atoms with van der Waals surface area (Å²) in [4.78, 5) is 35.1. The van der Waals surface area contributed by atoms with Crippen molar-refractivity contribution in [2.75, 3.05) is 19.7 Å². The molecule has 0 aliphatic heterocycles. The van der Waals surface area contributed by atoms with E-state index in [1.54, 1.807) is 29.7 Å². The number of amides is 2. The second kappa shape index (κ2) is 14.2. The molecule has 0 bridgehead atoms. The average Bonchev–Trinajstić information content (AvgIpc) is 2.69. The van der Waals surface area contributed by atoms with E-state index in [-0.39, 0.29) is 25.5 Å². The van der Waals surface area contributed by atoms with Crippen molar-refractivity contribution in [1.82, 2.24) is 21.4 Å². The molecule has 31 heavy (non-hydrogen) atoms. The fraction of sp³-hybridized carbons (Fsp3) is 0.526. The molecule has 0 spiro atoms. The van der Waals surface area contributed by atoms with Crippen LogP contribution in [-0.4, -0.2) is 48.5 Å². The molecule has 5 N–H and O–H groups in total. The number of hydrogen-bond donors (Lipinski definition) is 5. The SMILES string of the molecule is CC(C)CCNC(=O)[C@H](CCCNC(=N)N[N+](=O)[O-])NC(=O)COc1ccc(Br)cc1. The van der Waals surface area contributed by atoms with Gasteiger partial charge >= 0.3 is 0 Å². The second-order valence-electron chi connectivity index (χ2n) is 7.15. The predicted molar refractivity (Wildman–Crippen MR) is 119 cm³/mol. The Morgan fingerprint density at radius 1 is 1.16 bits per heavy atom. The summed E-state index contributed by atoms with van der Waals surface area (Å²) in [6.45, 7) is 4.57. The van der Waals surface area contributed by atoms with Gasteiger partial charge in [-0.05, 0) is 49.4 Å². The van der Waals surface area contributed by atoms with Gasteiger partial charge in [0.2, 0.25) is 5.91 Å². The van der Waals surface area contributed by atoms with Gasteiger partial charge in [-0.25, -0.2) is 10.1 Å². The standard InChI is InChI=1S/C19H29BrN6O5/c1-13(2)9-11-22-18(28)16(4-3-10-23-19(21)25-26(29)30)24-17(27)12-31-15-7-5-14(20)6-8-15/h5-8,13,16H,3-4,9-12H2,1-2H3,(H,22,28)(H,24,27)(H3,21,23,25)/t16-/m0/s1. The Morgan fingerprint density at radius 2 is 1.84 bits per heavy atom. The maximum absolute atomic E-state index is 12.5. The van der Waals surface area contributed by atoms with E-state index in [9.17, 15) is 19.7 Å². The zero-order valence-electron chi connectivity index (χ0n) is 17.6. The number of carbonyl (C=O) groups is 2. The largest absolute Gasteiger partial charge is 0.484 e. The number of nitrogens with one attached hydrogen (secondary N) is 5. The highest BCUT2D eigenvalue weighted by atomic mass is 79.9. The monoisotopic (exact) mass is 500 g/mol. The Hall–Kier alpha value is -2.89. The number of benzene rings is 1. The van der Waals surface area contributed by atoms with Gasteiger partial charge < -0.3 is 20.7 Å². The van der Waals surface area contributed by atoms with E-state index in [4.69, 9.17) is 10.1 Å². The molecule has 12 heteroatoms. The number of carbonyl (C=O) groups excluding carboxylic acids is 2. The summed E-state index contributed by atoms with van der Waals surface area (Å²) in [6, 6.07) is 6.22. The maximum atomic E-state index is 12.5. The van der Waals surface area contributed by atoms with Crippen molar-refractivity contribution < 1.29 is 19.4 Å². The Kier molecular flexibility index (Phi) is 12.0. The van der Waals surface area contributed by atoms with Crippen molar-refractivity contribution in [3.63, 3.8) is 0 Å². The smallest absolute Gasteiger partial charge is 0.258 e. The van der Waals surface area contributed by atoms with Gasteiger partial charge in [-0.15, -0.1) is 0 Å². The molecule has 11 nitrogen and oxygen atoms in total. The van der Waals surface area contributed by atoms with Crippen molar-refractivity contribution in [1.29, 1.82) is 5.41 Å². The summed E-state index contributed by atoms with van der Waals surface area (Å²) < 4.78 is 6.32. The molecule has 0 heterocycles. The molecule has 1 atom stereocenters. The first kappa shape index (κ1) is 26.1. The molecule has 1 rings (SSSR count). The summed E-state index contributed by atoms with van der Waals surface area (Å²) in [7, 11) is 0. The van der Waals surface area contributed by atoms with Crippen molar-refractivity contribution in [3.05, 3.63) is 38.9 Å². The van der Waals surface area contributed by atoms with Crippen LogP contribution in [0.4, 0.5) is 0 Å². The van der Waals surface area contributed by atoms with Gasteiger partial charge in [0.15, 0.2) is 11.6 Å². The summed E-state index contributed by atoms with van der Waals surface area (Å²) in [6.07, 6.45) is 1.50. The summed E-state index contributed by atoms with van der Waals surface area (Å²) in [5, 5.41) is 24.8. The van der Waals surface area contributed by atoms with E-state index >= 15 is 0 Å². The third kappa shape index (κ3) is 12.4. The van der Waals surface area contributed by atoms with E-state index in [0.29, 0.717) is 24.6 Å². The molecule has 0 aliphatic carbocycles. The molecule has 2 amide bonds. The van der Waals surface area contributed by atoms with Crippen LogP contribution in [0.1, 0.15) is 33.1 Å². The van der Waals surface area contributed by atoms with Crippen LogP contribution in [0.5, 0.6) is 5.75 Å². The van der Waals surface area contributed by atoms with Gasteiger partial charge in [-0.2, -0.15) is 0 Å². The Labute approximate surface area is 189 Å². The fourth-order valence-corrected chi connectivity index (χ4v) is 2.71. The van der Waals surface area contributed by atoms with Gasteiger partial charge in [0.1, 0.15) is 11.8 Å². The van der Waals surface area contributed by atoms with Crippen LogP contribution in [0.2, 0.25) is 0 Å². The maximum Gasteiger partial charge on any atom is 0.258 e. The number of guanidine groups is 1. The Morgan fingerprint density at radius 3 is 2.45 bits per heavy atom. The lowest BCUT2D eigenvalue weighted by Crippen LogP contribution is -2.48. The van der Waals surface area contributed by atoms with E-state index in [1.807, 2.05) is 13.8 Å². The normalized spacial score (nSPS) is 11.4. The van der Waals surface area contributed by atoms with Crippen molar-refractivity contribution in [2.45, 2.75) is 39.2 Å². The second-order valence-corrected chi connectivity index (χ2v) is 8.06. The molecular weight excluding hydrogens is 472 g/mol. The Balaban J connectivity index is 2.54. The van der Waals surface area contributed by atoms with Crippen LogP contribution in [0.15, 0.2) is 28.7 Å². The molecule has 0 saturated heterocycles. The zero-order valence-corrected chi connectivity index (χ0v) is 19.2. The fourth-order valence-electron chi connectivity index (χ4n) is 2.44. The third-order valence-electron chi connectivity index (χ3n) is 4.03. The minimum atomic E-state index is -0.841. The van der Waals surface area contributed by atoms with E-state index < -0.39 is 22.9 Å². The lowest BCUT2D eigenvalue weighted by molar-refractivity contribution is -0.525. The minimum absolute atomic E-state index is 0.223. The van der Waals surface area contributed by atoms with E-state index in [0.717, 1.165) is 10.9 Å². The quantitative estimate of drug-likeness (QED) is 0.0902. The molecule has 172 valence electrons. The van der Waals surface area contributed by atoms with Gasteiger partial charge in [-0.1, -0.05) is 35.2 Å². The lowest BCUT2D eigenvalue weighted by Gasteiger charge is -2.19. The third-order valence-corrected chi connectivity index (χ3v) is 4.56. The highest BCUT2D eigenvalue weighted by Crippen LogP contribution is 2.15. The van der Waals surface area contributed by atoms with Crippen LogP contribution in [0, 0.1) is 21.4 Å². The summed E-state index contributed by atoms with van der Waals surface area (Å²) >= 11 is 3.32. The van der Waals surface area contributed by atoms with Crippen molar-refractivity contribution >= 4 is 33.7 Å². The molecule has 0 aromatic heterocycles. The first-order valence-electron chi connectivity index (χ1n) is 9.86. The molecule has 1 aromatic rings. The molecule has 1 aromatic carbocycles. The number of halogens is 1. The first-order chi connectivity index (χ1) is 14.7. The van der Waals surface area contributed by atoms with E-state index in [2.05, 4.69) is 31.9 Å². The molecular formula is C19H29BrN6O5. The molecule has 0 saturated carbocycles.